The molecule has 3 N–H and O–H groups in total. The summed E-state index contributed by atoms with van der Waals surface area (Å²) in [7, 11) is 0. The van der Waals surface area contributed by atoms with E-state index in [1.807, 2.05) is 91.0 Å². The minimum absolute atomic E-state index is 0.194. The SMILES string of the molecule is C[C@@]1(OCc2ccccc2)[C@H](OCc2ccccc2)[C@@H](OCc2ccccc2)OC1(O)c1ccc2c(N)ncnn12. The van der Waals surface area contributed by atoms with Crippen LogP contribution in [0.2, 0.25) is 0 Å². The number of rotatable bonds is 10. The molecule has 0 bridgehead atoms. The van der Waals surface area contributed by atoms with Crippen LogP contribution in [0.15, 0.2) is 109 Å². The highest BCUT2D eigenvalue weighted by Crippen LogP contribution is 2.50. The van der Waals surface area contributed by atoms with Crippen molar-refractivity contribution in [1.29, 1.82) is 0 Å². The van der Waals surface area contributed by atoms with Crippen molar-refractivity contribution in [2.24, 2.45) is 0 Å². The number of nitrogens with zero attached hydrogens (tertiary/aromatic N) is 3. The zero-order valence-corrected chi connectivity index (χ0v) is 22.7. The number of ether oxygens (including phenoxy) is 4. The molecule has 0 radical (unpaired) electrons. The molecule has 9 nitrogen and oxygen atoms in total. The van der Waals surface area contributed by atoms with Gasteiger partial charge in [0, 0.05) is 0 Å². The Kier molecular flexibility index (Phi) is 7.53. The molecule has 1 aliphatic rings. The number of hydrogen-bond donors (Lipinski definition) is 2. The average molecular weight is 553 g/mol. The zero-order valence-electron chi connectivity index (χ0n) is 22.7. The van der Waals surface area contributed by atoms with Crippen molar-refractivity contribution in [3.05, 3.63) is 132 Å². The van der Waals surface area contributed by atoms with E-state index in [1.54, 1.807) is 19.1 Å². The summed E-state index contributed by atoms with van der Waals surface area (Å²) in [5.41, 5.74) is 8.35. The molecule has 2 aromatic heterocycles. The van der Waals surface area contributed by atoms with Gasteiger partial charge in [-0.1, -0.05) is 91.0 Å². The first kappa shape index (κ1) is 27.1. The fraction of sp³-hybridized carbons (Fsp3) is 0.250. The molecule has 0 amide bonds. The normalized spacial score (nSPS) is 24.1. The number of nitrogen functional groups attached to an aromatic ring is 1. The lowest BCUT2D eigenvalue weighted by molar-refractivity contribution is -0.309. The van der Waals surface area contributed by atoms with E-state index in [0.717, 1.165) is 16.7 Å². The van der Waals surface area contributed by atoms with E-state index in [0.29, 0.717) is 11.2 Å². The first-order valence-electron chi connectivity index (χ1n) is 13.5. The highest BCUT2D eigenvalue weighted by molar-refractivity contribution is 5.65. The van der Waals surface area contributed by atoms with Gasteiger partial charge in [0.25, 0.3) is 0 Å². The van der Waals surface area contributed by atoms with E-state index in [-0.39, 0.29) is 25.6 Å². The van der Waals surface area contributed by atoms with Gasteiger partial charge in [0.1, 0.15) is 23.6 Å². The first-order chi connectivity index (χ1) is 20.0. The Morgan fingerprint density at radius 1 is 0.805 bits per heavy atom. The highest BCUT2D eigenvalue weighted by atomic mass is 16.8. The van der Waals surface area contributed by atoms with Crippen LogP contribution in [-0.4, -0.2) is 37.7 Å². The molecule has 3 aromatic carbocycles. The van der Waals surface area contributed by atoms with Gasteiger partial charge in [-0.15, -0.1) is 0 Å². The maximum Gasteiger partial charge on any atom is 0.245 e. The summed E-state index contributed by atoms with van der Waals surface area (Å²) < 4.78 is 27.4. The van der Waals surface area contributed by atoms with Crippen molar-refractivity contribution in [3.63, 3.8) is 0 Å². The monoisotopic (exact) mass is 552 g/mol. The number of hydrogen-bond acceptors (Lipinski definition) is 8. The molecule has 3 heterocycles. The standard InChI is InChI=1S/C32H32N4O5/c1-31(40-21-25-15-9-4-10-16-25)28(38-19-23-11-5-2-6-12-23)30(39-20-24-13-7-3-8-14-24)41-32(31,37)27-18-17-26-29(33)34-22-35-36(26)27/h2-18,22,28,30,37H,19-21H2,1H3,(H2,33,34,35)/t28-,30+,31-,32?/m1/s1. The lowest BCUT2D eigenvalue weighted by Crippen LogP contribution is -2.55. The summed E-state index contributed by atoms with van der Waals surface area (Å²) in [5, 5.41) is 16.9. The minimum Gasteiger partial charge on any atom is -0.382 e. The largest absolute Gasteiger partial charge is 0.382 e. The van der Waals surface area contributed by atoms with Crippen LogP contribution in [0.5, 0.6) is 0 Å². The van der Waals surface area contributed by atoms with Gasteiger partial charge in [-0.3, -0.25) is 0 Å². The van der Waals surface area contributed by atoms with Crippen LogP contribution >= 0.6 is 0 Å². The Bertz CT molecular complexity index is 1580. The number of nitrogens with two attached hydrogens (primary N) is 1. The molecular formula is C32H32N4O5. The maximum atomic E-state index is 12.5. The summed E-state index contributed by atoms with van der Waals surface area (Å²) >= 11 is 0. The molecular weight excluding hydrogens is 520 g/mol. The van der Waals surface area contributed by atoms with E-state index in [2.05, 4.69) is 10.1 Å². The Hall–Kier alpha value is -4.12. The molecule has 0 spiro atoms. The Labute approximate surface area is 238 Å². The zero-order chi connectivity index (χ0) is 28.3. The van der Waals surface area contributed by atoms with Gasteiger partial charge >= 0.3 is 0 Å². The first-order valence-corrected chi connectivity index (χ1v) is 13.5. The molecule has 1 unspecified atom stereocenters. The smallest absolute Gasteiger partial charge is 0.245 e. The molecule has 1 aliphatic heterocycles. The molecule has 9 heteroatoms. The maximum absolute atomic E-state index is 12.5. The van der Waals surface area contributed by atoms with Gasteiger partial charge in [-0.2, -0.15) is 5.10 Å². The second kappa shape index (κ2) is 11.4. The third-order valence-corrected chi connectivity index (χ3v) is 7.49. The fourth-order valence-corrected chi connectivity index (χ4v) is 5.18. The second-order valence-electron chi connectivity index (χ2n) is 10.2. The van der Waals surface area contributed by atoms with Crippen molar-refractivity contribution >= 4 is 11.3 Å². The van der Waals surface area contributed by atoms with E-state index in [4.69, 9.17) is 24.7 Å². The quantitative estimate of drug-likeness (QED) is 0.259. The molecule has 4 atom stereocenters. The summed E-state index contributed by atoms with van der Waals surface area (Å²) in [5.74, 6) is -1.77. The van der Waals surface area contributed by atoms with Gasteiger partial charge < -0.3 is 29.8 Å². The van der Waals surface area contributed by atoms with Crippen molar-refractivity contribution in [1.82, 2.24) is 14.6 Å². The fourth-order valence-electron chi connectivity index (χ4n) is 5.18. The van der Waals surface area contributed by atoms with Gasteiger partial charge in [-0.25, -0.2) is 9.50 Å². The Morgan fingerprint density at radius 3 is 1.98 bits per heavy atom. The summed E-state index contributed by atoms with van der Waals surface area (Å²) in [6.45, 7) is 2.47. The van der Waals surface area contributed by atoms with Crippen LogP contribution in [0, 0.1) is 0 Å². The number of aliphatic hydroxyl groups is 1. The van der Waals surface area contributed by atoms with Crippen LogP contribution in [0.4, 0.5) is 5.82 Å². The van der Waals surface area contributed by atoms with E-state index in [1.165, 1.54) is 10.8 Å². The molecule has 1 fully saturated rings. The minimum atomic E-state index is -2.04. The van der Waals surface area contributed by atoms with Crippen LogP contribution in [0.3, 0.4) is 0 Å². The van der Waals surface area contributed by atoms with Crippen LogP contribution in [0.1, 0.15) is 29.3 Å². The number of fused-ring (bicyclic) bond motifs is 1. The van der Waals surface area contributed by atoms with Gasteiger partial charge in [0.05, 0.1) is 19.8 Å². The second-order valence-corrected chi connectivity index (χ2v) is 10.2. The third-order valence-electron chi connectivity index (χ3n) is 7.49. The van der Waals surface area contributed by atoms with Gasteiger partial charge in [-0.05, 0) is 35.7 Å². The predicted molar refractivity (Wildman–Crippen MR) is 152 cm³/mol. The lowest BCUT2D eigenvalue weighted by Gasteiger charge is -2.39. The van der Waals surface area contributed by atoms with E-state index in [9.17, 15) is 5.11 Å². The molecule has 0 saturated carbocycles. The number of aromatic nitrogens is 3. The third kappa shape index (κ3) is 5.21. The number of benzene rings is 3. The van der Waals surface area contributed by atoms with E-state index >= 15 is 0 Å². The van der Waals surface area contributed by atoms with Crippen LogP contribution in [0.25, 0.3) is 5.52 Å². The van der Waals surface area contributed by atoms with E-state index < -0.39 is 23.8 Å². The molecule has 1 saturated heterocycles. The highest BCUT2D eigenvalue weighted by Gasteiger charge is 2.67. The molecule has 0 aliphatic carbocycles. The van der Waals surface area contributed by atoms with Crippen molar-refractivity contribution < 1.29 is 24.1 Å². The predicted octanol–water partition coefficient (Wildman–Crippen LogP) is 4.59. The molecule has 5 aromatic rings. The average Bonchev–Trinajstić information content (AvgIpc) is 3.54. The lowest BCUT2D eigenvalue weighted by atomic mass is 9.88. The van der Waals surface area contributed by atoms with Gasteiger partial charge in [0.15, 0.2) is 17.7 Å². The van der Waals surface area contributed by atoms with Crippen LogP contribution < -0.4 is 5.73 Å². The van der Waals surface area contributed by atoms with Crippen LogP contribution in [-0.2, 0) is 44.6 Å². The van der Waals surface area contributed by atoms with Crippen molar-refractivity contribution in [2.45, 2.75) is 50.5 Å². The molecule has 6 rings (SSSR count). The Morgan fingerprint density at radius 2 is 1.37 bits per heavy atom. The summed E-state index contributed by atoms with van der Waals surface area (Å²) in [6.07, 6.45) is -0.502. The van der Waals surface area contributed by atoms with Crippen molar-refractivity contribution in [2.75, 3.05) is 5.73 Å². The van der Waals surface area contributed by atoms with Gasteiger partial charge in [0.2, 0.25) is 5.79 Å². The number of anilines is 1. The molecule has 210 valence electrons. The topological polar surface area (TPSA) is 113 Å². The van der Waals surface area contributed by atoms with Crippen molar-refractivity contribution in [3.8, 4) is 0 Å². The summed E-state index contributed by atoms with van der Waals surface area (Å²) in [6, 6.07) is 32.7. The Balaban J connectivity index is 1.41. The summed E-state index contributed by atoms with van der Waals surface area (Å²) in [4.78, 5) is 4.08. The molecule has 41 heavy (non-hydrogen) atoms.